The molecule has 0 saturated heterocycles. The monoisotopic (exact) mass is 371 g/mol. The van der Waals surface area contributed by atoms with Gasteiger partial charge in [-0.1, -0.05) is 12.1 Å². The van der Waals surface area contributed by atoms with Crippen LogP contribution in [0, 0.1) is 0 Å². The molecule has 0 heterocycles. The zero-order chi connectivity index (χ0) is 19.7. The third kappa shape index (κ3) is 8.15. The van der Waals surface area contributed by atoms with Crippen molar-refractivity contribution in [2.75, 3.05) is 20.4 Å². The second kappa shape index (κ2) is 9.96. The van der Waals surface area contributed by atoms with Gasteiger partial charge in [-0.05, 0) is 38.5 Å². The number of methoxy groups -OCH3 is 1. The average molecular weight is 371 g/mol. The Balaban J connectivity index is 2.70. The molecule has 1 aromatic carbocycles. The molecule has 8 heteroatoms. The highest BCUT2D eigenvalue weighted by Gasteiger charge is 2.25. The third-order valence-electron chi connectivity index (χ3n) is 3.16. The molecule has 0 bridgehead atoms. The number of carbonyl (C=O) groups excluding carboxylic acids is 2. The summed E-state index contributed by atoms with van der Waals surface area (Å²) in [6, 6.07) is 5.74. The minimum atomic E-state index is -1.17. The van der Waals surface area contributed by atoms with E-state index in [-0.39, 0.29) is 13.0 Å². The number of aliphatic hydroxyl groups is 1. The number of rotatable bonds is 8. The fourth-order valence-corrected chi connectivity index (χ4v) is 1.98. The molecule has 0 radical (unpaired) electrons. The number of benzene rings is 1. The standard InChI is InChI=1S/C18H26FNO6/c1-18(2,3)26-17(23)20-15(16(22)24-4)9-12-5-7-14(8-6-12)25-11-13(21)10-19/h5-8,13,15,21H,9-11H2,1-4H3,(H,20,23). The molecular formula is C18H26FNO6. The van der Waals surface area contributed by atoms with E-state index in [9.17, 15) is 14.0 Å². The Hall–Kier alpha value is -2.35. The number of alkyl halides is 1. The highest BCUT2D eigenvalue weighted by Crippen LogP contribution is 2.15. The van der Waals surface area contributed by atoms with Crippen LogP contribution in [-0.2, 0) is 20.7 Å². The van der Waals surface area contributed by atoms with Crippen molar-refractivity contribution in [1.29, 1.82) is 0 Å². The molecule has 1 amide bonds. The number of hydrogen-bond acceptors (Lipinski definition) is 6. The van der Waals surface area contributed by atoms with Gasteiger partial charge < -0.3 is 24.6 Å². The number of esters is 1. The Morgan fingerprint density at radius 2 is 1.85 bits per heavy atom. The van der Waals surface area contributed by atoms with Crippen molar-refractivity contribution < 1.29 is 33.3 Å². The van der Waals surface area contributed by atoms with Gasteiger partial charge in [-0.25, -0.2) is 14.0 Å². The van der Waals surface area contributed by atoms with Crippen LogP contribution in [0.5, 0.6) is 5.75 Å². The molecule has 2 unspecified atom stereocenters. The molecule has 2 N–H and O–H groups in total. The SMILES string of the molecule is COC(=O)C(Cc1ccc(OCC(O)CF)cc1)NC(=O)OC(C)(C)C. The summed E-state index contributed by atoms with van der Waals surface area (Å²) in [7, 11) is 1.24. The number of alkyl carbamates (subject to hydrolysis) is 1. The van der Waals surface area contributed by atoms with E-state index in [1.165, 1.54) is 7.11 Å². The predicted octanol–water partition coefficient (Wildman–Crippen LogP) is 2.00. The molecule has 0 fully saturated rings. The van der Waals surface area contributed by atoms with Crippen LogP contribution in [0.3, 0.4) is 0 Å². The molecule has 26 heavy (non-hydrogen) atoms. The third-order valence-corrected chi connectivity index (χ3v) is 3.16. The Kier molecular flexibility index (Phi) is 8.31. The molecule has 0 aliphatic rings. The fourth-order valence-electron chi connectivity index (χ4n) is 1.98. The second-order valence-electron chi connectivity index (χ2n) is 6.69. The van der Waals surface area contributed by atoms with E-state index in [2.05, 4.69) is 5.32 Å². The van der Waals surface area contributed by atoms with Gasteiger partial charge in [0.15, 0.2) is 0 Å². The summed E-state index contributed by atoms with van der Waals surface area (Å²) in [6.45, 7) is 4.13. The maximum atomic E-state index is 12.2. The number of carbonyl (C=O) groups is 2. The zero-order valence-corrected chi connectivity index (χ0v) is 15.5. The van der Waals surface area contributed by atoms with E-state index in [1.54, 1.807) is 45.0 Å². The molecule has 1 rings (SSSR count). The first-order valence-electron chi connectivity index (χ1n) is 8.17. The minimum absolute atomic E-state index is 0.152. The normalized spacial score (nSPS) is 13.5. The summed E-state index contributed by atoms with van der Waals surface area (Å²) in [4.78, 5) is 23.8. The molecule has 0 aliphatic carbocycles. The first-order chi connectivity index (χ1) is 12.1. The quantitative estimate of drug-likeness (QED) is 0.679. The van der Waals surface area contributed by atoms with Crippen molar-refractivity contribution >= 4 is 12.1 Å². The van der Waals surface area contributed by atoms with Gasteiger partial charge in [0, 0.05) is 6.42 Å². The predicted molar refractivity (Wildman–Crippen MR) is 92.8 cm³/mol. The lowest BCUT2D eigenvalue weighted by atomic mass is 10.1. The summed E-state index contributed by atoms with van der Waals surface area (Å²) in [5.74, 6) is -0.141. The van der Waals surface area contributed by atoms with Crippen LogP contribution in [0.2, 0.25) is 0 Å². The fraction of sp³-hybridized carbons (Fsp3) is 0.556. The Morgan fingerprint density at radius 1 is 1.23 bits per heavy atom. The van der Waals surface area contributed by atoms with Gasteiger partial charge in [-0.3, -0.25) is 0 Å². The van der Waals surface area contributed by atoms with Crippen molar-refractivity contribution in [3.8, 4) is 5.75 Å². The van der Waals surface area contributed by atoms with Crippen molar-refractivity contribution in [3.05, 3.63) is 29.8 Å². The summed E-state index contributed by atoms with van der Waals surface area (Å²) in [5, 5.41) is 11.6. The van der Waals surface area contributed by atoms with Crippen LogP contribution in [0.15, 0.2) is 24.3 Å². The van der Waals surface area contributed by atoms with Crippen molar-refractivity contribution in [1.82, 2.24) is 5.32 Å². The van der Waals surface area contributed by atoms with Crippen LogP contribution < -0.4 is 10.1 Å². The smallest absolute Gasteiger partial charge is 0.408 e. The van der Waals surface area contributed by atoms with E-state index in [0.717, 1.165) is 5.56 Å². The van der Waals surface area contributed by atoms with Crippen LogP contribution in [-0.4, -0.2) is 55.3 Å². The van der Waals surface area contributed by atoms with E-state index in [0.29, 0.717) is 5.75 Å². The first-order valence-corrected chi connectivity index (χ1v) is 8.17. The van der Waals surface area contributed by atoms with Gasteiger partial charge in [0.2, 0.25) is 0 Å². The highest BCUT2D eigenvalue weighted by molar-refractivity contribution is 5.81. The van der Waals surface area contributed by atoms with Crippen LogP contribution in [0.4, 0.5) is 9.18 Å². The van der Waals surface area contributed by atoms with E-state index < -0.39 is 36.5 Å². The average Bonchev–Trinajstić information content (AvgIpc) is 2.57. The van der Waals surface area contributed by atoms with Crippen molar-refractivity contribution in [2.24, 2.45) is 0 Å². The summed E-state index contributed by atoms with van der Waals surface area (Å²) >= 11 is 0. The molecule has 0 aromatic heterocycles. The molecule has 7 nitrogen and oxygen atoms in total. The van der Waals surface area contributed by atoms with Crippen LogP contribution >= 0.6 is 0 Å². The van der Waals surface area contributed by atoms with E-state index in [4.69, 9.17) is 19.3 Å². The maximum absolute atomic E-state index is 12.2. The first kappa shape index (κ1) is 21.7. The van der Waals surface area contributed by atoms with Crippen molar-refractivity contribution in [3.63, 3.8) is 0 Å². The van der Waals surface area contributed by atoms with Gasteiger partial charge in [0.25, 0.3) is 0 Å². The maximum Gasteiger partial charge on any atom is 0.408 e. The lowest BCUT2D eigenvalue weighted by molar-refractivity contribution is -0.143. The van der Waals surface area contributed by atoms with Crippen molar-refractivity contribution in [2.45, 2.75) is 44.9 Å². The number of hydrogen-bond donors (Lipinski definition) is 2. The lowest BCUT2D eigenvalue weighted by Gasteiger charge is -2.22. The van der Waals surface area contributed by atoms with Gasteiger partial charge in [-0.15, -0.1) is 0 Å². The summed E-state index contributed by atoms with van der Waals surface area (Å²) < 4.78 is 27.3. The number of nitrogens with one attached hydrogen (secondary N) is 1. The number of amides is 1. The Labute approximate surface area is 152 Å². The van der Waals surface area contributed by atoms with Crippen LogP contribution in [0.25, 0.3) is 0 Å². The van der Waals surface area contributed by atoms with Crippen LogP contribution in [0.1, 0.15) is 26.3 Å². The highest BCUT2D eigenvalue weighted by atomic mass is 19.1. The van der Waals surface area contributed by atoms with Gasteiger partial charge in [0.05, 0.1) is 7.11 Å². The number of halogens is 1. The largest absolute Gasteiger partial charge is 0.491 e. The molecular weight excluding hydrogens is 345 g/mol. The minimum Gasteiger partial charge on any atom is -0.491 e. The van der Waals surface area contributed by atoms with Gasteiger partial charge >= 0.3 is 12.1 Å². The molecule has 1 aromatic rings. The van der Waals surface area contributed by atoms with Gasteiger partial charge in [0.1, 0.15) is 36.8 Å². The summed E-state index contributed by atoms with van der Waals surface area (Å²) in [6.07, 6.45) is -1.69. The lowest BCUT2D eigenvalue weighted by Crippen LogP contribution is -2.45. The second-order valence-corrected chi connectivity index (χ2v) is 6.69. The molecule has 2 atom stereocenters. The Bertz CT molecular complexity index is 584. The molecule has 0 aliphatic heterocycles. The zero-order valence-electron chi connectivity index (χ0n) is 15.5. The topological polar surface area (TPSA) is 94.1 Å². The molecule has 0 spiro atoms. The molecule has 0 saturated carbocycles. The van der Waals surface area contributed by atoms with E-state index >= 15 is 0 Å². The Morgan fingerprint density at radius 3 is 2.35 bits per heavy atom. The molecule has 146 valence electrons. The number of aliphatic hydroxyl groups excluding tert-OH is 1. The number of ether oxygens (including phenoxy) is 3. The van der Waals surface area contributed by atoms with Gasteiger partial charge in [-0.2, -0.15) is 0 Å². The summed E-state index contributed by atoms with van der Waals surface area (Å²) in [5.41, 5.74) is 0.0586. The van der Waals surface area contributed by atoms with E-state index in [1.807, 2.05) is 0 Å².